The minimum Gasteiger partial charge on any atom is -0.461 e. The number of benzene rings is 2. The zero-order chi connectivity index (χ0) is 18.4. The molecule has 1 aliphatic rings. The summed E-state index contributed by atoms with van der Waals surface area (Å²) < 4.78 is 18.0. The minimum atomic E-state index is -0.953. The van der Waals surface area contributed by atoms with E-state index < -0.39 is 5.79 Å². The maximum absolute atomic E-state index is 6.13. The molecular formula is C23H26O3. The van der Waals surface area contributed by atoms with E-state index in [0.717, 1.165) is 28.7 Å². The number of ether oxygens (including phenoxy) is 3. The van der Waals surface area contributed by atoms with Crippen molar-refractivity contribution < 1.29 is 14.2 Å². The van der Waals surface area contributed by atoms with E-state index in [9.17, 15) is 0 Å². The summed E-state index contributed by atoms with van der Waals surface area (Å²) in [7, 11) is 1.68. The third-order valence-electron chi connectivity index (χ3n) is 4.76. The van der Waals surface area contributed by atoms with E-state index in [2.05, 4.69) is 32.1 Å². The smallest absolute Gasteiger partial charge is 0.263 e. The Balaban J connectivity index is 2.01. The number of methoxy groups -OCH3 is 1. The molecule has 3 heteroatoms. The van der Waals surface area contributed by atoms with Gasteiger partial charge in [-0.25, -0.2) is 0 Å². The summed E-state index contributed by atoms with van der Waals surface area (Å²) in [5, 5.41) is 0. The van der Waals surface area contributed by atoms with Gasteiger partial charge in [0.25, 0.3) is 5.79 Å². The zero-order valence-electron chi connectivity index (χ0n) is 15.6. The highest BCUT2D eigenvalue weighted by Crippen LogP contribution is 2.47. The van der Waals surface area contributed by atoms with Crippen molar-refractivity contribution in [2.24, 2.45) is 0 Å². The van der Waals surface area contributed by atoms with E-state index in [0.29, 0.717) is 6.61 Å². The van der Waals surface area contributed by atoms with Crippen LogP contribution in [0.2, 0.25) is 0 Å². The van der Waals surface area contributed by atoms with Gasteiger partial charge in [0, 0.05) is 23.8 Å². The number of hydrogen-bond acceptors (Lipinski definition) is 3. The van der Waals surface area contributed by atoms with Gasteiger partial charge in [-0.15, -0.1) is 0 Å². The Morgan fingerprint density at radius 1 is 1.04 bits per heavy atom. The predicted octanol–water partition coefficient (Wildman–Crippen LogP) is 5.30. The molecule has 0 spiro atoms. The fraction of sp³-hybridized carbons (Fsp3) is 0.304. The lowest BCUT2D eigenvalue weighted by molar-refractivity contribution is -0.157. The highest BCUT2D eigenvalue weighted by molar-refractivity contribution is 5.82. The van der Waals surface area contributed by atoms with E-state index in [1.165, 1.54) is 0 Å². The van der Waals surface area contributed by atoms with Crippen LogP contribution in [0.25, 0.3) is 5.57 Å². The van der Waals surface area contributed by atoms with E-state index in [1.807, 2.05) is 48.5 Å². The fourth-order valence-corrected chi connectivity index (χ4v) is 3.10. The summed E-state index contributed by atoms with van der Waals surface area (Å²) in [6, 6.07) is 20.2. The van der Waals surface area contributed by atoms with Crippen molar-refractivity contribution in [3.63, 3.8) is 0 Å². The van der Waals surface area contributed by atoms with Crippen LogP contribution in [0.3, 0.4) is 0 Å². The Bertz CT molecular complexity index is 765. The molecule has 0 bridgehead atoms. The molecule has 3 rings (SSSR count). The summed E-state index contributed by atoms with van der Waals surface area (Å²) >= 11 is 0. The second-order valence-corrected chi connectivity index (χ2v) is 6.37. The molecule has 136 valence electrons. The van der Waals surface area contributed by atoms with Gasteiger partial charge < -0.3 is 14.2 Å². The van der Waals surface area contributed by atoms with Gasteiger partial charge in [0.05, 0.1) is 19.0 Å². The molecule has 0 aliphatic carbocycles. The zero-order valence-corrected chi connectivity index (χ0v) is 15.6. The third-order valence-corrected chi connectivity index (χ3v) is 4.76. The SMILES string of the molecule is CCC(C)OC/C=C1/C(c2ccccc2)=COC1(OC)c1ccccc1. The summed E-state index contributed by atoms with van der Waals surface area (Å²) in [6.07, 6.45) is 5.07. The molecule has 0 saturated carbocycles. The van der Waals surface area contributed by atoms with E-state index in [-0.39, 0.29) is 6.10 Å². The molecule has 2 atom stereocenters. The van der Waals surface area contributed by atoms with Gasteiger partial charge in [0.15, 0.2) is 0 Å². The van der Waals surface area contributed by atoms with Crippen LogP contribution >= 0.6 is 0 Å². The molecule has 1 heterocycles. The molecular weight excluding hydrogens is 324 g/mol. The largest absolute Gasteiger partial charge is 0.461 e. The molecule has 0 fully saturated rings. The van der Waals surface area contributed by atoms with Crippen molar-refractivity contribution in [1.29, 1.82) is 0 Å². The van der Waals surface area contributed by atoms with Crippen LogP contribution in [0.15, 0.2) is 78.6 Å². The van der Waals surface area contributed by atoms with Crippen molar-refractivity contribution in [3.05, 3.63) is 89.7 Å². The molecule has 0 aromatic heterocycles. The monoisotopic (exact) mass is 350 g/mol. The lowest BCUT2D eigenvalue weighted by Gasteiger charge is -2.30. The first kappa shape index (κ1) is 18.4. The average Bonchev–Trinajstić information content (AvgIpc) is 3.08. The lowest BCUT2D eigenvalue weighted by Crippen LogP contribution is -2.30. The van der Waals surface area contributed by atoms with Crippen LogP contribution in [0.5, 0.6) is 0 Å². The highest BCUT2D eigenvalue weighted by atomic mass is 16.7. The molecule has 0 saturated heterocycles. The second-order valence-electron chi connectivity index (χ2n) is 6.37. The van der Waals surface area contributed by atoms with Gasteiger partial charge in [0.1, 0.15) is 0 Å². The Kier molecular flexibility index (Phi) is 5.92. The van der Waals surface area contributed by atoms with Crippen LogP contribution in [-0.2, 0) is 20.0 Å². The number of hydrogen-bond donors (Lipinski definition) is 0. The molecule has 2 aromatic rings. The van der Waals surface area contributed by atoms with Crippen LogP contribution in [0.4, 0.5) is 0 Å². The quantitative estimate of drug-likeness (QED) is 0.678. The van der Waals surface area contributed by atoms with Gasteiger partial charge >= 0.3 is 0 Å². The normalized spacial score (nSPS) is 22.1. The fourth-order valence-electron chi connectivity index (χ4n) is 3.10. The van der Waals surface area contributed by atoms with Crippen LogP contribution < -0.4 is 0 Å². The molecule has 1 aliphatic heterocycles. The maximum atomic E-state index is 6.13. The summed E-state index contributed by atoms with van der Waals surface area (Å²) in [5.74, 6) is -0.953. The van der Waals surface area contributed by atoms with Crippen LogP contribution in [0, 0.1) is 0 Å². The van der Waals surface area contributed by atoms with E-state index in [1.54, 1.807) is 13.4 Å². The van der Waals surface area contributed by atoms with Crippen molar-refractivity contribution >= 4 is 5.57 Å². The minimum absolute atomic E-state index is 0.215. The van der Waals surface area contributed by atoms with Crippen molar-refractivity contribution in [2.45, 2.75) is 32.2 Å². The topological polar surface area (TPSA) is 27.7 Å². The first-order valence-corrected chi connectivity index (χ1v) is 9.08. The summed E-state index contributed by atoms with van der Waals surface area (Å²) in [5.41, 5.74) is 4.04. The summed E-state index contributed by atoms with van der Waals surface area (Å²) in [4.78, 5) is 0. The predicted molar refractivity (Wildman–Crippen MR) is 104 cm³/mol. The molecule has 0 N–H and O–H groups in total. The van der Waals surface area contributed by atoms with Gasteiger partial charge in [-0.2, -0.15) is 0 Å². The maximum Gasteiger partial charge on any atom is 0.263 e. The van der Waals surface area contributed by atoms with Crippen LogP contribution in [-0.4, -0.2) is 19.8 Å². The molecule has 3 nitrogen and oxygen atoms in total. The molecule has 2 aromatic carbocycles. The second kappa shape index (κ2) is 8.35. The van der Waals surface area contributed by atoms with Gasteiger partial charge in [-0.05, 0) is 25.0 Å². The van der Waals surface area contributed by atoms with Crippen molar-refractivity contribution in [1.82, 2.24) is 0 Å². The average molecular weight is 350 g/mol. The third kappa shape index (κ3) is 3.59. The Hall–Kier alpha value is -2.36. The summed E-state index contributed by atoms with van der Waals surface area (Å²) in [6.45, 7) is 4.71. The van der Waals surface area contributed by atoms with Gasteiger partial charge in [-0.3, -0.25) is 0 Å². The standard InChI is InChI=1S/C23H26O3/c1-4-18(2)25-16-15-22-21(19-11-7-5-8-12-19)17-26-23(22,24-3)20-13-9-6-10-14-20/h5-15,17-18H,4,16H2,1-3H3/b22-15-. The molecule has 0 radical (unpaired) electrons. The molecule has 2 unspecified atom stereocenters. The lowest BCUT2D eigenvalue weighted by atomic mass is 9.90. The molecule has 0 amide bonds. The highest BCUT2D eigenvalue weighted by Gasteiger charge is 2.44. The first-order valence-electron chi connectivity index (χ1n) is 9.08. The Labute approximate surface area is 155 Å². The van der Waals surface area contributed by atoms with Crippen molar-refractivity contribution in [3.8, 4) is 0 Å². The van der Waals surface area contributed by atoms with Crippen LogP contribution in [0.1, 0.15) is 31.4 Å². The van der Waals surface area contributed by atoms with Gasteiger partial charge in [-0.1, -0.05) is 67.6 Å². The first-order chi connectivity index (χ1) is 12.7. The van der Waals surface area contributed by atoms with Gasteiger partial charge in [0.2, 0.25) is 0 Å². The van der Waals surface area contributed by atoms with E-state index in [4.69, 9.17) is 14.2 Å². The van der Waals surface area contributed by atoms with E-state index >= 15 is 0 Å². The number of rotatable bonds is 7. The Morgan fingerprint density at radius 2 is 1.69 bits per heavy atom. The van der Waals surface area contributed by atoms with Crippen molar-refractivity contribution in [2.75, 3.05) is 13.7 Å². The Morgan fingerprint density at radius 3 is 2.31 bits per heavy atom. The molecule has 26 heavy (non-hydrogen) atoms.